The Bertz CT molecular complexity index is 1370. The van der Waals surface area contributed by atoms with Crippen LogP contribution >= 0.6 is 7.82 Å². The molecule has 0 fully saturated rings. The van der Waals surface area contributed by atoms with Crippen LogP contribution in [0, 0.1) is 0 Å². The van der Waals surface area contributed by atoms with Gasteiger partial charge in [0.1, 0.15) is 19.8 Å². The Kier molecular flexibility index (Phi) is 58.9. The molecule has 0 saturated heterocycles. The molecule has 10 heteroatoms. The number of phosphoric ester groups is 1. The monoisotopic (exact) mass is 1120 g/mol. The Hall–Kier alpha value is -1.51. The van der Waals surface area contributed by atoms with Crippen LogP contribution in [0.25, 0.3) is 0 Å². The second-order valence-electron chi connectivity index (χ2n) is 24.6. The van der Waals surface area contributed by atoms with Crippen molar-refractivity contribution in [2.24, 2.45) is 0 Å². The van der Waals surface area contributed by atoms with E-state index in [1.54, 1.807) is 0 Å². The van der Waals surface area contributed by atoms with E-state index in [-0.39, 0.29) is 32.0 Å². The van der Waals surface area contributed by atoms with Gasteiger partial charge in [-0.25, -0.2) is 0 Å². The second kappa shape index (κ2) is 60.1. The van der Waals surface area contributed by atoms with Crippen molar-refractivity contribution in [2.75, 3.05) is 47.5 Å². The first-order chi connectivity index (χ1) is 38.0. The minimum atomic E-state index is -4.63. The quantitative estimate of drug-likeness (QED) is 0.0195. The molecule has 0 rings (SSSR count). The van der Waals surface area contributed by atoms with E-state index >= 15 is 0 Å². The largest absolute Gasteiger partial charge is 0.756 e. The zero-order valence-corrected chi connectivity index (χ0v) is 53.5. The van der Waals surface area contributed by atoms with Crippen molar-refractivity contribution in [3.8, 4) is 0 Å². The Balaban J connectivity index is 3.98. The molecule has 2 atom stereocenters. The number of phosphoric acid groups is 1. The van der Waals surface area contributed by atoms with Crippen molar-refractivity contribution in [1.29, 1.82) is 0 Å². The van der Waals surface area contributed by atoms with Crippen molar-refractivity contribution >= 4 is 19.8 Å². The van der Waals surface area contributed by atoms with E-state index in [0.717, 1.165) is 38.5 Å². The number of carbonyl (C=O) groups excluding carboxylic acids is 2. The molecule has 0 N–H and O–H groups in total. The maximum atomic E-state index is 12.8. The van der Waals surface area contributed by atoms with Crippen LogP contribution in [0.3, 0.4) is 0 Å². The molecule has 78 heavy (non-hydrogen) atoms. The van der Waals surface area contributed by atoms with Gasteiger partial charge in [0, 0.05) is 12.8 Å². The zero-order valence-electron chi connectivity index (χ0n) is 52.6. The van der Waals surface area contributed by atoms with Gasteiger partial charge >= 0.3 is 11.9 Å². The molecule has 0 bridgehead atoms. The number of quaternary nitrogens is 1. The highest BCUT2D eigenvalue weighted by Gasteiger charge is 2.22. The summed E-state index contributed by atoms with van der Waals surface area (Å²) in [6, 6.07) is 0. The van der Waals surface area contributed by atoms with Crippen LogP contribution < -0.4 is 4.89 Å². The fourth-order valence-electron chi connectivity index (χ4n) is 10.2. The number of carbonyl (C=O) groups is 2. The maximum Gasteiger partial charge on any atom is 0.306 e. The lowest BCUT2D eigenvalue weighted by molar-refractivity contribution is -0.870. The molecule has 0 aliphatic rings. The molecule has 2 unspecified atom stereocenters. The number of allylic oxidation sites excluding steroid dienone is 4. The average Bonchev–Trinajstić information content (AvgIpc) is 3.41. The first-order valence-electron chi connectivity index (χ1n) is 34.0. The van der Waals surface area contributed by atoms with Gasteiger partial charge in [0.15, 0.2) is 6.10 Å². The van der Waals surface area contributed by atoms with Gasteiger partial charge in [-0.2, -0.15) is 0 Å². The van der Waals surface area contributed by atoms with Crippen molar-refractivity contribution in [3.63, 3.8) is 0 Å². The highest BCUT2D eigenvalue weighted by Crippen LogP contribution is 2.38. The molecule has 0 radical (unpaired) electrons. The summed E-state index contributed by atoms with van der Waals surface area (Å²) in [7, 11) is 1.19. The Morgan fingerprint density at radius 2 is 0.692 bits per heavy atom. The van der Waals surface area contributed by atoms with Gasteiger partial charge < -0.3 is 27.9 Å². The van der Waals surface area contributed by atoms with E-state index in [2.05, 4.69) is 38.2 Å². The van der Waals surface area contributed by atoms with Gasteiger partial charge in [-0.05, 0) is 44.9 Å². The zero-order chi connectivity index (χ0) is 57.0. The van der Waals surface area contributed by atoms with Crippen LogP contribution in [0.2, 0.25) is 0 Å². The summed E-state index contributed by atoms with van der Waals surface area (Å²) in [5.74, 6) is -0.809. The number of hydrogen-bond donors (Lipinski definition) is 0. The summed E-state index contributed by atoms with van der Waals surface area (Å²) in [5, 5.41) is 0. The van der Waals surface area contributed by atoms with Crippen LogP contribution in [0.4, 0.5) is 0 Å². The summed E-state index contributed by atoms with van der Waals surface area (Å²) in [4.78, 5) is 38.0. The van der Waals surface area contributed by atoms with Crippen LogP contribution in [-0.2, 0) is 32.7 Å². The van der Waals surface area contributed by atoms with Gasteiger partial charge in [0.05, 0.1) is 27.7 Å². The number of nitrogens with zero attached hydrogens (tertiary/aromatic N) is 1. The van der Waals surface area contributed by atoms with E-state index in [1.165, 1.54) is 276 Å². The van der Waals surface area contributed by atoms with E-state index in [4.69, 9.17) is 18.5 Å². The minimum absolute atomic E-state index is 0.0266. The lowest BCUT2D eigenvalue weighted by Gasteiger charge is -2.28. The van der Waals surface area contributed by atoms with Gasteiger partial charge in [-0.3, -0.25) is 14.2 Å². The molecule has 0 aromatic carbocycles. The minimum Gasteiger partial charge on any atom is -0.756 e. The van der Waals surface area contributed by atoms with Crippen molar-refractivity contribution in [3.05, 3.63) is 24.3 Å². The Morgan fingerprint density at radius 3 is 1.01 bits per heavy atom. The van der Waals surface area contributed by atoms with Gasteiger partial charge in [0.2, 0.25) is 0 Å². The van der Waals surface area contributed by atoms with Gasteiger partial charge in [-0.1, -0.05) is 314 Å². The number of ether oxygens (including phenoxy) is 2. The highest BCUT2D eigenvalue weighted by atomic mass is 31.2. The fourth-order valence-corrected chi connectivity index (χ4v) is 10.9. The van der Waals surface area contributed by atoms with Crippen LogP contribution in [0.5, 0.6) is 0 Å². The summed E-state index contributed by atoms with van der Waals surface area (Å²) >= 11 is 0. The first-order valence-corrected chi connectivity index (χ1v) is 35.5. The second-order valence-corrected chi connectivity index (χ2v) is 26.0. The molecule has 0 spiro atoms. The summed E-state index contributed by atoms with van der Waals surface area (Å²) in [6.07, 6.45) is 74.0. The Labute approximate surface area is 485 Å². The standard InChI is InChI=1S/C68H132NO8P/c1-6-8-10-12-14-16-18-20-22-24-26-28-29-30-31-32-33-34-35-36-37-38-39-41-43-45-47-49-51-53-55-57-59-61-68(71)77-66(65-76-78(72,73)75-63-62-69(3,4)5)64-74-67(70)60-58-56-54-52-50-48-46-44-42-40-27-25-23-21-19-17-15-13-11-9-7-2/h18,20,24,26,66H,6-17,19,21-23,25,27-65H2,1-5H3/b20-18-,26-24-. The van der Waals surface area contributed by atoms with Crippen LogP contribution in [0.1, 0.15) is 348 Å². The van der Waals surface area contributed by atoms with E-state index in [0.29, 0.717) is 17.4 Å². The van der Waals surface area contributed by atoms with Crippen LogP contribution in [0.15, 0.2) is 24.3 Å². The number of rotatable bonds is 64. The number of hydrogen-bond acceptors (Lipinski definition) is 8. The molecular formula is C68H132NO8P. The average molecular weight is 1120 g/mol. The molecule has 0 amide bonds. The van der Waals surface area contributed by atoms with Crippen LogP contribution in [-0.4, -0.2) is 70.0 Å². The third-order valence-electron chi connectivity index (χ3n) is 15.5. The van der Waals surface area contributed by atoms with E-state index in [9.17, 15) is 19.0 Å². The topological polar surface area (TPSA) is 111 Å². The molecule has 9 nitrogen and oxygen atoms in total. The molecule has 0 aliphatic carbocycles. The summed E-state index contributed by atoms with van der Waals surface area (Å²) < 4.78 is 34.3. The Morgan fingerprint density at radius 1 is 0.397 bits per heavy atom. The summed E-state index contributed by atoms with van der Waals surface area (Å²) in [6.45, 7) is 4.30. The SMILES string of the molecule is CCCCCCC/C=C\C/C=C\CCCCCCCCCCCCCCCCCCCCCCCC(=O)OC(COC(=O)CCCCCCCCCCCCCCCCCCCCCCC)COP(=O)([O-])OCC[N+](C)(C)C. The molecule has 0 saturated carbocycles. The van der Waals surface area contributed by atoms with Crippen molar-refractivity contribution in [2.45, 2.75) is 354 Å². The van der Waals surface area contributed by atoms with E-state index < -0.39 is 26.5 Å². The lowest BCUT2D eigenvalue weighted by atomic mass is 10.0. The van der Waals surface area contributed by atoms with E-state index in [1.807, 2.05) is 21.1 Å². The molecule has 0 aromatic heterocycles. The molecule has 0 aromatic rings. The molecule has 462 valence electrons. The third-order valence-corrected chi connectivity index (χ3v) is 16.4. The number of unbranched alkanes of at least 4 members (excludes halogenated alkanes) is 46. The molecule has 0 heterocycles. The van der Waals surface area contributed by atoms with Gasteiger partial charge in [0.25, 0.3) is 7.82 Å². The highest BCUT2D eigenvalue weighted by molar-refractivity contribution is 7.45. The molecular weight excluding hydrogens is 990 g/mol. The summed E-state index contributed by atoms with van der Waals surface area (Å²) in [5.41, 5.74) is 0. The van der Waals surface area contributed by atoms with Crippen molar-refractivity contribution < 1.29 is 42.1 Å². The molecule has 0 aliphatic heterocycles. The maximum absolute atomic E-state index is 12.8. The fraction of sp³-hybridized carbons (Fsp3) is 0.912. The lowest BCUT2D eigenvalue weighted by Crippen LogP contribution is -2.37. The number of likely N-dealkylation sites (N-methyl/N-ethyl adjacent to an activating group) is 1. The van der Waals surface area contributed by atoms with Gasteiger partial charge in [-0.15, -0.1) is 0 Å². The third kappa shape index (κ3) is 63.7. The predicted molar refractivity (Wildman–Crippen MR) is 333 cm³/mol. The van der Waals surface area contributed by atoms with Crippen molar-refractivity contribution in [1.82, 2.24) is 0 Å². The normalized spacial score (nSPS) is 13.3. The smallest absolute Gasteiger partial charge is 0.306 e. The number of esters is 2. The first kappa shape index (κ1) is 76.5. The predicted octanol–water partition coefficient (Wildman–Crippen LogP) is 21.1.